The number of methoxy groups -OCH3 is 1. The highest BCUT2D eigenvalue weighted by Crippen LogP contribution is 2.29. The molecule has 0 spiro atoms. The summed E-state index contributed by atoms with van der Waals surface area (Å²) in [4.78, 5) is 24.9. The number of tetrazole rings is 1. The van der Waals surface area contributed by atoms with Crippen molar-refractivity contribution in [1.82, 2.24) is 45.5 Å². The van der Waals surface area contributed by atoms with E-state index in [0.29, 0.717) is 40.5 Å². The van der Waals surface area contributed by atoms with Crippen LogP contribution in [0.15, 0.2) is 73.2 Å². The van der Waals surface area contributed by atoms with Gasteiger partial charge in [0.2, 0.25) is 5.91 Å². The number of hydrogen-bond donors (Lipinski definition) is 1. The van der Waals surface area contributed by atoms with Crippen molar-refractivity contribution in [2.45, 2.75) is 32.4 Å². The van der Waals surface area contributed by atoms with Gasteiger partial charge in [-0.3, -0.25) is 14.3 Å². The smallest absolute Gasteiger partial charge is 0.309 e. The molecule has 0 saturated carbocycles. The zero-order valence-corrected chi connectivity index (χ0v) is 25.3. The second kappa shape index (κ2) is 14.0. The largest absolute Gasteiger partial charge is 0.469 e. The second-order valence-electron chi connectivity index (χ2n) is 9.64. The molecule has 5 rings (SSSR count). The molecule has 0 saturated heterocycles. The Balaban J connectivity index is 1.43. The summed E-state index contributed by atoms with van der Waals surface area (Å²) in [5.41, 5.74) is 4.75. The van der Waals surface area contributed by atoms with Crippen molar-refractivity contribution in [2.75, 3.05) is 7.11 Å². The van der Waals surface area contributed by atoms with Crippen molar-refractivity contribution in [2.24, 2.45) is 0 Å². The molecule has 2 aromatic carbocycles. The molecule has 5 aromatic rings. The number of carbonyl (C=O) groups excluding carboxylic acids is 2. The van der Waals surface area contributed by atoms with Crippen molar-refractivity contribution in [1.29, 1.82) is 0 Å². The number of rotatable bonds is 11. The zero-order chi connectivity index (χ0) is 31.1. The molecule has 14 heteroatoms. The molecule has 224 valence electrons. The average Bonchev–Trinajstić information content (AvgIpc) is 3.73. The Morgan fingerprint density at radius 1 is 1.07 bits per heavy atom. The van der Waals surface area contributed by atoms with Crippen LogP contribution in [0.5, 0.6) is 0 Å². The van der Waals surface area contributed by atoms with Crippen LogP contribution in [0.4, 0.5) is 0 Å². The Bertz CT molecular complexity index is 1790. The van der Waals surface area contributed by atoms with Crippen LogP contribution in [-0.4, -0.2) is 59.2 Å². The van der Waals surface area contributed by atoms with E-state index in [-0.39, 0.29) is 23.5 Å². The van der Waals surface area contributed by atoms with Crippen LogP contribution in [0.1, 0.15) is 35.5 Å². The lowest BCUT2D eigenvalue weighted by molar-refractivity contribution is -0.139. The summed E-state index contributed by atoms with van der Waals surface area (Å²) in [6, 6.07) is 15.6. The van der Waals surface area contributed by atoms with Crippen molar-refractivity contribution >= 4 is 41.2 Å². The Morgan fingerprint density at radius 2 is 1.89 bits per heavy atom. The molecular weight excluding hydrogens is 605 g/mol. The molecule has 0 radical (unpaired) electrons. The zero-order valence-electron chi connectivity index (χ0n) is 23.8. The first-order valence-corrected chi connectivity index (χ1v) is 14.3. The first-order chi connectivity index (χ1) is 21.3. The van der Waals surface area contributed by atoms with E-state index in [9.17, 15) is 9.59 Å². The minimum Gasteiger partial charge on any atom is -0.469 e. The maximum atomic E-state index is 13.3. The van der Waals surface area contributed by atoms with Gasteiger partial charge in [-0.1, -0.05) is 47.5 Å². The number of hydrogen-bond acceptors (Lipinski definition) is 9. The number of nitrogens with zero attached hydrogens (tertiary/aromatic N) is 8. The summed E-state index contributed by atoms with van der Waals surface area (Å²) in [6.07, 6.45) is 6.88. The highest BCUT2D eigenvalue weighted by Gasteiger charge is 2.20. The molecule has 1 amide bonds. The summed E-state index contributed by atoms with van der Waals surface area (Å²) in [7, 11) is 1.35. The van der Waals surface area contributed by atoms with Gasteiger partial charge in [-0.05, 0) is 64.9 Å². The van der Waals surface area contributed by atoms with Gasteiger partial charge in [0, 0.05) is 41.4 Å². The molecule has 1 atom stereocenters. The highest BCUT2D eigenvalue weighted by molar-refractivity contribution is 6.32. The lowest BCUT2D eigenvalue weighted by Gasteiger charge is -2.17. The molecule has 0 aliphatic heterocycles. The highest BCUT2D eigenvalue weighted by atomic mass is 35.5. The SMILES string of the molecule is CCn1ccc(C[C@H](NC(=O)/C=C/c2cc(Cl)ccc2-n2cnnn2)c2cc(-c3ccc(CC(=O)OC)cc3)c(Cl)nn2)n1. The van der Waals surface area contributed by atoms with Gasteiger partial charge >= 0.3 is 5.97 Å². The third-order valence-corrected chi connectivity index (χ3v) is 7.23. The summed E-state index contributed by atoms with van der Waals surface area (Å²) >= 11 is 12.7. The molecule has 0 bridgehead atoms. The second-order valence-corrected chi connectivity index (χ2v) is 10.4. The number of aryl methyl sites for hydroxylation is 1. The minimum absolute atomic E-state index is 0.156. The number of nitrogens with one attached hydrogen (secondary N) is 1. The normalized spacial score (nSPS) is 11.9. The fourth-order valence-electron chi connectivity index (χ4n) is 4.46. The number of ether oxygens (including phenoxy) is 1. The molecule has 12 nitrogen and oxygen atoms in total. The molecule has 0 fully saturated rings. The summed E-state index contributed by atoms with van der Waals surface area (Å²) in [5.74, 6) is -0.707. The maximum absolute atomic E-state index is 13.3. The third-order valence-electron chi connectivity index (χ3n) is 6.72. The van der Waals surface area contributed by atoms with E-state index in [4.69, 9.17) is 27.9 Å². The molecule has 0 aliphatic rings. The van der Waals surface area contributed by atoms with Crippen molar-refractivity contribution in [3.63, 3.8) is 0 Å². The van der Waals surface area contributed by atoms with Crippen LogP contribution in [0.2, 0.25) is 10.2 Å². The lowest BCUT2D eigenvalue weighted by Crippen LogP contribution is -2.29. The van der Waals surface area contributed by atoms with Crippen LogP contribution >= 0.6 is 23.2 Å². The van der Waals surface area contributed by atoms with Crippen LogP contribution in [-0.2, 0) is 33.7 Å². The predicted octanol–water partition coefficient (Wildman–Crippen LogP) is 4.47. The maximum Gasteiger partial charge on any atom is 0.309 e. The number of aromatic nitrogens is 8. The molecular formula is C30H27Cl2N9O3. The Morgan fingerprint density at radius 3 is 2.59 bits per heavy atom. The van der Waals surface area contributed by atoms with Gasteiger partial charge in [0.05, 0.1) is 36.6 Å². The van der Waals surface area contributed by atoms with E-state index in [1.165, 1.54) is 24.2 Å². The van der Waals surface area contributed by atoms with Crippen LogP contribution in [0, 0.1) is 0 Å². The number of halogens is 2. The van der Waals surface area contributed by atoms with E-state index in [0.717, 1.165) is 16.8 Å². The molecule has 3 heterocycles. The summed E-state index contributed by atoms with van der Waals surface area (Å²) in [5, 5.41) is 28.1. The topological polar surface area (TPSA) is 143 Å². The van der Waals surface area contributed by atoms with E-state index >= 15 is 0 Å². The van der Waals surface area contributed by atoms with Gasteiger partial charge in [0.25, 0.3) is 0 Å². The van der Waals surface area contributed by atoms with Gasteiger partial charge in [-0.15, -0.1) is 10.2 Å². The lowest BCUT2D eigenvalue weighted by atomic mass is 10.0. The Labute approximate surface area is 262 Å². The fraction of sp³-hybridized carbons (Fsp3) is 0.200. The Kier molecular flexibility index (Phi) is 9.72. The fourth-order valence-corrected chi connectivity index (χ4v) is 4.84. The van der Waals surface area contributed by atoms with E-state index in [1.807, 2.05) is 48.1 Å². The van der Waals surface area contributed by atoms with Gasteiger partial charge in [-0.2, -0.15) is 14.9 Å². The van der Waals surface area contributed by atoms with Gasteiger partial charge in [-0.25, -0.2) is 0 Å². The van der Waals surface area contributed by atoms with Gasteiger partial charge < -0.3 is 10.1 Å². The van der Waals surface area contributed by atoms with Crippen LogP contribution in [0.3, 0.4) is 0 Å². The van der Waals surface area contributed by atoms with Crippen LogP contribution in [0.25, 0.3) is 22.9 Å². The van der Waals surface area contributed by atoms with Gasteiger partial charge in [0.1, 0.15) is 6.33 Å². The number of carbonyl (C=O) groups is 2. The first kappa shape index (κ1) is 30.5. The quantitative estimate of drug-likeness (QED) is 0.165. The summed E-state index contributed by atoms with van der Waals surface area (Å²) in [6.45, 7) is 2.70. The van der Waals surface area contributed by atoms with Crippen molar-refractivity contribution in [3.8, 4) is 16.8 Å². The number of benzene rings is 2. The van der Waals surface area contributed by atoms with Crippen molar-refractivity contribution in [3.05, 3.63) is 106 Å². The third kappa shape index (κ3) is 7.52. The molecule has 3 aromatic heterocycles. The van der Waals surface area contributed by atoms with Crippen molar-refractivity contribution < 1.29 is 14.3 Å². The molecule has 0 aliphatic carbocycles. The molecule has 44 heavy (non-hydrogen) atoms. The number of amides is 1. The van der Waals surface area contributed by atoms with E-state index < -0.39 is 6.04 Å². The first-order valence-electron chi connectivity index (χ1n) is 13.6. The number of esters is 1. The Hall–Kier alpha value is -4.94. The van der Waals surface area contributed by atoms with E-state index in [2.05, 4.69) is 36.1 Å². The standard InChI is InChI=1S/C30H27Cl2N9O3/c1-3-40-13-12-23(37-40)16-25(34-28(42)11-8-21-15-22(31)9-10-27(21)41-18-33-38-39-41)26-17-24(30(32)36-35-26)20-6-4-19(5-7-20)14-29(43)44-2/h4-13,15,17-18,25H,3,14,16H2,1-2H3,(H,34,42)/b11-8+/t25-/m0/s1. The van der Waals surface area contributed by atoms with Crippen LogP contribution < -0.4 is 5.32 Å². The monoisotopic (exact) mass is 631 g/mol. The predicted molar refractivity (Wildman–Crippen MR) is 164 cm³/mol. The summed E-state index contributed by atoms with van der Waals surface area (Å²) < 4.78 is 8.04. The van der Waals surface area contributed by atoms with E-state index in [1.54, 1.807) is 30.3 Å². The van der Waals surface area contributed by atoms with Gasteiger partial charge in [0.15, 0.2) is 5.15 Å². The molecule has 0 unspecified atom stereocenters. The minimum atomic E-state index is -0.590. The average molecular weight is 633 g/mol. The molecule has 1 N–H and O–H groups in total.